The molecule has 2 aliphatic carbocycles. The fraction of sp³-hybridized carbons (Fsp3) is 0.310. The molecule has 3 aromatic rings. The Morgan fingerprint density at radius 3 is 1.81 bits per heavy atom. The predicted molar refractivity (Wildman–Crippen MR) is 128 cm³/mol. The number of fused-ring (bicyclic) bond motifs is 1. The second-order valence-electron chi connectivity index (χ2n) is 9.36. The van der Waals surface area contributed by atoms with Crippen molar-refractivity contribution in [3.63, 3.8) is 0 Å². The molecule has 0 heterocycles. The molecule has 162 valence electrons. The number of anilines is 1. The van der Waals surface area contributed by atoms with Crippen LogP contribution in [0.3, 0.4) is 0 Å². The Kier molecular flexibility index (Phi) is 4.53. The summed E-state index contributed by atoms with van der Waals surface area (Å²) < 4.78 is 9.12. The van der Waals surface area contributed by atoms with Gasteiger partial charge in [-0.2, -0.15) is 0 Å². The highest BCUT2D eigenvalue weighted by Gasteiger charge is 2.83. The summed E-state index contributed by atoms with van der Waals surface area (Å²) in [6, 6.07) is 29.6. The Morgan fingerprint density at radius 1 is 0.844 bits per heavy atom. The molecular weight excluding hydrogens is 394 g/mol. The van der Waals surface area contributed by atoms with E-state index in [1.54, 1.807) is 6.92 Å². The third-order valence-electron chi connectivity index (χ3n) is 7.86. The van der Waals surface area contributed by atoms with E-state index in [1.165, 1.54) is 0 Å². The standard InChI is InChI=1S/C29H29NO2/c1-20-24(19-30(3)23-17-11-6-12-18-23)27(32)28(2)26(25(20)31)29(28,21-13-7-4-8-14-21)22-15-9-5-10-16-22/h4-18,20,24,26H,19H2,1-3H3/t20-,24-,26-,28-/m1/s1/i20D. The van der Waals surface area contributed by atoms with Crippen LogP contribution in [0.15, 0.2) is 91.0 Å². The molecule has 3 nitrogen and oxygen atoms in total. The first-order chi connectivity index (χ1) is 15.8. The number of rotatable bonds is 5. The van der Waals surface area contributed by atoms with Crippen molar-refractivity contribution in [1.29, 1.82) is 0 Å². The van der Waals surface area contributed by atoms with E-state index in [0.29, 0.717) is 6.54 Å². The third-order valence-corrected chi connectivity index (χ3v) is 7.86. The number of hydrogen-bond acceptors (Lipinski definition) is 3. The average Bonchev–Trinajstić information content (AvgIpc) is 3.44. The van der Waals surface area contributed by atoms with Gasteiger partial charge in [-0.15, -0.1) is 0 Å². The lowest BCUT2D eigenvalue weighted by molar-refractivity contribution is -0.141. The van der Waals surface area contributed by atoms with Gasteiger partial charge in [0.05, 0.1) is 5.41 Å². The molecule has 4 atom stereocenters. The van der Waals surface area contributed by atoms with E-state index >= 15 is 0 Å². The lowest BCUT2D eigenvalue weighted by Gasteiger charge is -2.34. The highest BCUT2D eigenvalue weighted by Crippen LogP contribution is 2.76. The van der Waals surface area contributed by atoms with Gasteiger partial charge in [0.2, 0.25) is 0 Å². The van der Waals surface area contributed by atoms with E-state index in [9.17, 15) is 9.59 Å². The molecule has 32 heavy (non-hydrogen) atoms. The number of ketones is 2. The summed E-state index contributed by atoms with van der Waals surface area (Å²) in [6.45, 7) is 3.91. The molecule has 0 spiro atoms. The third kappa shape index (κ3) is 2.67. The molecule has 0 saturated heterocycles. The van der Waals surface area contributed by atoms with Crippen molar-refractivity contribution in [3.8, 4) is 0 Å². The molecule has 3 aromatic carbocycles. The largest absolute Gasteiger partial charge is 0.374 e. The molecule has 0 amide bonds. The first kappa shape index (κ1) is 19.5. The van der Waals surface area contributed by atoms with Crippen molar-refractivity contribution < 1.29 is 11.0 Å². The maximum atomic E-state index is 14.3. The van der Waals surface area contributed by atoms with Crippen molar-refractivity contribution in [2.75, 3.05) is 18.5 Å². The lowest BCUT2D eigenvalue weighted by atomic mass is 9.72. The van der Waals surface area contributed by atoms with Crippen molar-refractivity contribution in [2.24, 2.45) is 23.1 Å². The number of para-hydroxylation sites is 1. The molecule has 5 rings (SSSR count). The number of Topliss-reactive ketones (excluding diaryl/α,β-unsaturated/α-hetero) is 2. The number of carbonyl (C=O) groups excluding carboxylic acids is 2. The molecule has 3 heteroatoms. The van der Waals surface area contributed by atoms with Gasteiger partial charge >= 0.3 is 0 Å². The van der Waals surface area contributed by atoms with E-state index in [-0.39, 0.29) is 11.6 Å². The smallest absolute Gasteiger partial charge is 0.146 e. The maximum absolute atomic E-state index is 14.3. The van der Waals surface area contributed by atoms with E-state index in [2.05, 4.69) is 0 Å². The second-order valence-corrected chi connectivity index (χ2v) is 9.36. The second kappa shape index (κ2) is 7.44. The van der Waals surface area contributed by atoms with Crippen LogP contribution in [0.2, 0.25) is 0 Å². The lowest BCUT2D eigenvalue weighted by Crippen LogP contribution is -2.45. The Hall–Kier alpha value is -3.20. The van der Waals surface area contributed by atoms with Crippen molar-refractivity contribution in [1.82, 2.24) is 0 Å². The molecule has 2 saturated carbocycles. The van der Waals surface area contributed by atoms with E-state index < -0.39 is 28.6 Å². The normalized spacial score (nSPS) is 30.9. The first-order valence-corrected chi connectivity index (χ1v) is 11.2. The van der Waals surface area contributed by atoms with E-state index in [4.69, 9.17) is 1.37 Å². The molecule has 0 aliphatic heterocycles. The zero-order chi connectivity index (χ0) is 23.4. The van der Waals surface area contributed by atoms with Gasteiger partial charge in [0.25, 0.3) is 0 Å². The highest BCUT2D eigenvalue weighted by atomic mass is 16.1. The van der Waals surface area contributed by atoms with Gasteiger partial charge in [-0.05, 0) is 23.3 Å². The summed E-state index contributed by atoms with van der Waals surface area (Å²) in [6.07, 6.45) is 0. The van der Waals surface area contributed by atoms with E-state index in [0.717, 1.165) is 16.8 Å². The molecule has 0 radical (unpaired) electrons. The van der Waals surface area contributed by atoms with Crippen LogP contribution in [0.1, 0.15) is 26.3 Å². The van der Waals surface area contributed by atoms with Crippen LogP contribution in [0.5, 0.6) is 0 Å². The number of carbonyl (C=O) groups is 2. The summed E-state index contributed by atoms with van der Waals surface area (Å²) in [7, 11) is 1.92. The fourth-order valence-corrected chi connectivity index (χ4v) is 6.16. The zero-order valence-corrected chi connectivity index (χ0v) is 18.8. The van der Waals surface area contributed by atoms with Gasteiger partial charge in [0.1, 0.15) is 11.6 Å². The highest BCUT2D eigenvalue weighted by molar-refractivity contribution is 6.10. The summed E-state index contributed by atoms with van der Waals surface area (Å²) in [5.41, 5.74) is 1.28. The van der Waals surface area contributed by atoms with Crippen molar-refractivity contribution in [2.45, 2.75) is 19.3 Å². The minimum absolute atomic E-state index is 0.0140. The maximum Gasteiger partial charge on any atom is 0.146 e. The predicted octanol–water partition coefficient (Wildman–Crippen LogP) is 5.15. The monoisotopic (exact) mass is 424 g/mol. The van der Waals surface area contributed by atoms with Crippen LogP contribution in [0, 0.1) is 23.1 Å². The fourth-order valence-electron chi connectivity index (χ4n) is 6.16. The Morgan fingerprint density at radius 2 is 1.31 bits per heavy atom. The Balaban J connectivity index is 1.63. The molecule has 2 fully saturated rings. The minimum atomic E-state index is -1.49. The molecule has 0 bridgehead atoms. The summed E-state index contributed by atoms with van der Waals surface area (Å²) in [5, 5.41) is 0. The molecule has 0 aromatic heterocycles. The topological polar surface area (TPSA) is 37.4 Å². The SMILES string of the molecule is [2H][C@]1(C)C(=O)[C@H]2C(c3ccccc3)(c3ccccc3)[C@@]2(C)C(=O)[C@@H]1CN(C)c1ccccc1. The minimum Gasteiger partial charge on any atom is -0.374 e. The number of benzene rings is 3. The van der Waals surface area contributed by atoms with Crippen LogP contribution in [-0.2, 0) is 15.0 Å². The molecule has 0 N–H and O–H groups in total. The van der Waals surface area contributed by atoms with Crippen molar-refractivity contribution in [3.05, 3.63) is 102 Å². The Bertz CT molecular complexity index is 1150. The van der Waals surface area contributed by atoms with Crippen molar-refractivity contribution >= 4 is 17.3 Å². The molecule has 0 unspecified atom stereocenters. The van der Waals surface area contributed by atoms with Crippen LogP contribution >= 0.6 is 0 Å². The van der Waals surface area contributed by atoms with Crippen LogP contribution < -0.4 is 4.90 Å². The van der Waals surface area contributed by atoms with Gasteiger partial charge in [0.15, 0.2) is 0 Å². The quantitative estimate of drug-likeness (QED) is 0.568. The summed E-state index contributed by atoms with van der Waals surface area (Å²) in [5.74, 6) is -2.87. The molecular formula is C29H29NO2. The average molecular weight is 425 g/mol. The van der Waals surface area contributed by atoms with Gasteiger partial charge in [-0.1, -0.05) is 92.7 Å². The summed E-state index contributed by atoms with van der Waals surface area (Å²) >= 11 is 0. The number of nitrogens with zero attached hydrogens (tertiary/aromatic N) is 1. The number of hydrogen-bond donors (Lipinski definition) is 0. The van der Waals surface area contributed by atoms with E-state index in [1.807, 2.05) is 110 Å². The van der Waals surface area contributed by atoms with Gasteiger partial charge in [-0.3, -0.25) is 9.59 Å². The van der Waals surface area contributed by atoms with Gasteiger partial charge in [0, 0.05) is 43.8 Å². The van der Waals surface area contributed by atoms with Crippen LogP contribution in [0.4, 0.5) is 5.69 Å². The summed E-state index contributed by atoms with van der Waals surface area (Å²) in [4.78, 5) is 30.2. The Labute approximate surface area is 191 Å². The van der Waals surface area contributed by atoms with Gasteiger partial charge < -0.3 is 4.90 Å². The van der Waals surface area contributed by atoms with Crippen LogP contribution in [-0.4, -0.2) is 25.2 Å². The molecule has 2 aliphatic rings. The van der Waals surface area contributed by atoms with Crippen LogP contribution in [0.25, 0.3) is 0 Å². The van der Waals surface area contributed by atoms with Gasteiger partial charge in [-0.25, -0.2) is 0 Å². The first-order valence-electron chi connectivity index (χ1n) is 11.7. The zero-order valence-electron chi connectivity index (χ0n) is 19.8.